The molecular formula is C24H32N4O3. The van der Waals surface area contributed by atoms with Crippen LogP contribution in [0.25, 0.3) is 0 Å². The second-order valence-electron chi connectivity index (χ2n) is 9.47. The third-order valence-corrected chi connectivity index (χ3v) is 7.16. The number of Topliss-reactive ketones (excluding diaryl/α,β-unsaturated/α-hetero) is 1. The van der Waals surface area contributed by atoms with Crippen LogP contribution >= 0.6 is 0 Å². The SMILES string of the molecule is CC(=O)c1cc(CN2C[C@@H]3C[C@H](C2)c2ccc(CN4CCOCC4)c(=O)n2C3)n(C)c1. The minimum Gasteiger partial charge on any atom is -0.379 e. The number of aryl methyl sites for hydroxylation is 1. The number of pyridine rings is 1. The lowest BCUT2D eigenvalue weighted by Crippen LogP contribution is -2.47. The van der Waals surface area contributed by atoms with Gasteiger partial charge < -0.3 is 13.9 Å². The van der Waals surface area contributed by atoms with E-state index in [-0.39, 0.29) is 11.3 Å². The molecule has 5 rings (SSSR count). The van der Waals surface area contributed by atoms with Gasteiger partial charge in [-0.25, -0.2) is 0 Å². The summed E-state index contributed by atoms with van der Waals surface area (Å²) in [6.07, 6.45) is 3.08. The predicted molar refractivity (Wildman–Crippen MR) is 118 cm³/mol. The van der Waals surface area contributed by atoms with E-state index in [1.54, 1.807) is 6.92 Å². The molecule has 5 heterocycles. The quantitative estimate of drug-likeness (QED) is 0.686. The Morgan fingerprint density at radius 3 is 2.65 bits per heavy atom. The van der Waals surface area contributed by atoms with Crippen LogP contribution in [0, 0.1) is 5.92 Å². The summed E-state index contributed by atoms with van der Waals surface area (Å²) in [5.74, 6) is 0.999. The molecule has 0 spiro atoms. The first-order valence-corrected chi connectivity index (χ1v) is 11.4. The minimum atomic E-state index is 0.110. The van der Waals surface area contributed by atoms with Crippen molar-refractivity contribution in [3.8, 4) is 0 Å². The molecule has 2 aromatic rings. The van der Waals surface area contributed by atoms with Gasteiger partial charge in [-0.2, -0.15) is 0 Å². The van der Waals surface area contributed by atoms with E-state index in [0.29, 0.717) is 11.8 Å². The van der Waals surface area contributed by atoms with Gasteiger partial charge in [0, 0.05) is 87.5 Å². The van der Waals surface area contributed by atoms with Crippen LogP contribution in [-0.4, -0.2) is 64.1 Å². The van der Waals surface area contributed by atoms with Crippen molar-refractivity contribution in [3.05, 3.63) is 57.3 Å². The van der Waals surface area contributed by atoms with Crippen molar-refractivity contribution in [1.29, 1.82) is 0 Å². The van der Waals surface area contributed by atoms with E-state index >= 15 is 0 Å². The number of likely N-dealkylation sites (tertiary alicyclic amines) is 1. The van der Waals surface area contributed by atoms with Crippen molar-refractivity contribution < 1.29 is 9.53 Å². The van der Waals surface area contributed by atoms with Gasteiger partial charge in [-0.1, -0.05) is 6.07 Å². The zero-order valence-corrected chi connectivity index (χ0v) is 18.5. The fourth-order valence-corrected chi connectivity index (χ4v) is 5.53. The first kappa shape index (κ1) is 20.7. The lowest BCUT2D eigenvalue weighted by atomic mass is 9.83. The number of ether oxygens (including phenoxy) is 1. The van der Waals surface area contributed by atoms with Gasteiger partial charge in [-0.05, 0) is 31.4 Å². The average molecular weight is 425 g/mol. The zero-order valence-electron chi connectivity index (χ0n) is 18.5. The van der Waals surface area contributed by atoms with Crippen molar-refractivity contribution in [3.63, 3.8) is 0 Å². The summed E-state index contributed by atoms with van der Waals surface area (Å²) in [5, 5.41) is 0. The summed E-state index contributed by atoms with van der Waals surface area (Å²) >= 11 is 0. The van der Waals surface area contributed by atoms with Gasteiger partial charge in [0.25, 0.3) is 5.56 Å². The van der Waals surface area contributed by atoms with Crippen LogP contribution in [0.3, 0.4) is 0 Å². The molecule has 0 aliphatic carbocycles. The lowest BCUT2D eigenvalue weighted by Gasteiger charge is -2.43. The minimum absolute atomic E-state index is 0.110. The second-order valence-corrected chi connectivity index (χ2v) is 9.47. The second kappa shape index (κ2) is 8.37. The van der Waals surface area contributed by atoms with Crippen LogP contribution < -0.4 is 5.56 Å². The molecule has 2 bridgehead atoms. The number of hydrogen-bond acceptors (Lipinski definition) is 5. The number of hydrogen-bond donors (Lipinski definition) is 0. The molecule has 0 amide bonds. The Balaban J connectivity index is 1.33. The molecular weight excluding hydrogens is 392 g/mol. The molecule has 0 N–H and O–H groups in total. The number of fused-ring (bicyclic) bond motifs is 4. The van der Waals surface area contributed by atoms with E-state index < -0.39 is 0 Å². The molecule has 2 atom stereocenters. The average Bonchev–Trinajstić information content (AvgIpc) is 3.12. The van der Waals surface area contributed by atoms with Gasteiger partial charge in [0.2, 0.25) is 0 Å². The Morgan fingerprint density at radius 2 is 1.90 bits per heavy atom. The van der Waals surface area contributed by atoms with Crippen molar-refractivity contribution in [2.45, 2.75) is 38.9 Å². The molecule has 7 nitrogen and oxygen atoms in total. The number of rotatable bonds is 5. The summed E-state index contributed by atoms with van der Waals surface area (Å²) in [5.41, 5.74) is 4.24. The van der Waals surface area contributed by atoms with E-state index in [1.807, 2.05) is 19.3 Å². The summed E-state index contributed by atoms with van der Waals surface area (Å²) < 4.78 is 9.56. The normalized spacial score (nSPS) is 24.2. The highest BCUT2D eigenvalue weighted by molar-refractivity contribution is 5.94. The number of carbonyl (C=O) groups is 1. The lowest BCUT2D eigenvalue weighted by molar-refractivity contribution is 0.0338. The van der Waals surface area contributed by atoms with Gasteiger partial charge in [0.1, 0.15) is 0 Å². The molecule has 3 aliphatic heterocycles. The fraction of sp³-hybridized carbons (Fsp3) is 0.583. The van der Waals surface area contributed by atoms with Gasteiger partial charge in [-0.3, -0.25) is 19.4 Å². The van der Waals surface area contributed by atoms with Gasteiger partial charge in [-0.15, -0.1) is 0 Å². The van der Waals surface area contributed by atoms with Gasteiger partial charge in [0.05, 0.1) is 13.2 Å². The van der Waals surface area contributed by atoms with Crippen LogP contribution in [0.1, 0.15) is 46.6 Å². The molecule has 0 unspecified atom stereocenters. The van der Waals surface area contributed by atoms with Crippen LogP contribution in [0.5, 0.6) is 0 Å². The molecule has 2 aromatic heterocycles. The van der Waals surface area contributed by atoms with Crippen LogP contribution in [0.15, 0.2) is 29.2 Å². The summed E-state index contributed by atoms with van der Waals surface area (Å²) in [6, 6.07) is 6.26. The number of carbonyl (C=O) groups excluding carboxylic acids is 1. The maximum absolute atomic E-state index is 13.3. The Morgan fingerprint density at radius 1 is 1.10 bits per heavy atom. The monoisotopic (exact) mass is 424 g/mol. The highest BCUT2D eigenvalue weighted by Crippen LogP contribution is 2.35. The highest BCUT2D eigenvalue weighted by atomic mass is 16.5. The number of aromatic nitrogens is 2. The van der Waals surface area contributed by atoms with Gasteiger partial charge in [0.15, 0.2) is 5.78 Å². The third-order valence-electron chi connectivity index (χ3n) is 7.16. The van der Waals surface area contributed by atoms with Crippen LogP contribution in [0.4, 0.5) is 0 Å². The third kappa shape index (κ3) is 4.14. The first-order chi connectivity index (χ1) is 15.0. The maximum atomic E-state index is 13.3. The molecule has 2 saturated heterocycles. The summed E-state index contributed by atoms with van der Waals surface area (Å²) in [6.45, 7) is 9.23. The summed E-state index contributed by atoms with van der Waals surface area (Å²) in [4.78, 5) is 29.8. The van der Waals surface area contributed by atoms with E-state index in [1.165, 1.54) is 11.4 Å². The first-order valence-electron chi connectivity index (χ1n) is 11.4. The molecule has 166 valence electrons. The van der Waals surface area contributed by atoms with E-state index in [4.69, 9.17) is 4.74 Å². The Labute approximate surface area is 183 Å². The van der Waals surface area contributed by atoms with Gasteiger partial charge >= 0.3 is 0 Å². The molecule has 7 heteroatoms. The molecule has 0 radical (unpaired) electrons. The molecule has 2 fully saturated rings. The van der Waals surface area contributed by atoms with Crippen molar-refractivity contribution >= 4 is 5.78 Å². The Kier molecular flexibility index (Phi) is 5.58. The Hall–Kier alpha value is -2.22. The standard InChI is InChI=1S/C24H32N4O3/c1-17(29)20-10-22(25(2)13-20)16-27-11-18-9-21(15-27)23-4-3-19(24(30)28(23)12-18)14-26-5-7-31-8-6-26/h3-4,10,13,18,21H,5-9,11-12,14-16H2,1-2H3/t18-,21+/m0/s1. The number of morpholine rings is 1. The van der Waals surface area contributed by atoms with Crippen LogP contribution in [-0.2, 0) is 31.4 Å². The maximum Gasteiger partial charge on any atom is 0.255 e. The Bertz CT molecular complexity index is 1030. The predicted octanol–water partition coefficient (Wildman–Crippen LogP) is 1.84. The zero-order chi connectivity index (χ0) is 21.5. The smallest absolute Gasteiger partial charge is 0.255 e. The largest absolute Gasteiger partial charge is 0.379 e. The fourth-order valence-electron chi connectivity index (χ4n) is 5.53. The van der Waals surface area contributed by atoms with E-state index in [9.17, 15) is 9.59 Å². The van der Waals surface area contributed by atoms with Crippen molar-refractivity contribution in [1.82, 2.24) is 18.9 Å². The molecule has 31 heavy (non-hydrogen) atoms. The molecule has 0 saturated carbocycles. The molecule has 0 aromatic carbocycles. The van der Waals surface area contributed by atoms with E-state index in [0.717, 1.165) is 76.6 Å². The number of piperidine rings is 1. The van der Waals surface area contributed by atoms with Crippen molar-refractivity contribution in [2.24, 2.45) is 13.0 Å². The topological polar surface area (TPSA) is 59.7 Å². The van der Waals surface area contributed by atoms with Crippen molar-refractivity contribution in [2.75, 3.05) is 39.4 Å². The van der Waals surface area contributed by atoms with E-state index in [2.05, 4.69) is 31.1 Å². The molecule has 3 aliphatic rings. The number of nitrogens with zero attached hydrogens (tertiary/aromatic N) is 4. The van der Waals surface area contributed by atoms with Crippen LogP contribution in [0.2, 0.25) is 0 Å². The number of ketones is 1. The summed E-state index contributed by atoms with van der Waals surface area (Å²) in [7, 11) is 2.01. The highest BCUT2D eigenvalue weighted by Gasteiger charge is 2.35.